The fraction of sp³-hybridized carbons (Fsp3) is 0.156. The summed E-state index contributed by atoms with van der Waals surface area (Å²) in [6.07, 6.45) is 0.947. The van der Waals surface area contributed by atoms with Crippen LogP contribution >= 0.6 is 11.3 Å². The molecule has 0 amide bonds. The summed E-state index contributed by atoms with van der Waals surface area (Å²) in [7, 11) is 0. The first kappa shape index (κ1) is 28.7. The Morgan fingerprint density at radius 3 is 2.24 bits per heavy atom. The van der Waals surface area contributed by atoms with Gasteiger partial charge in [-0.2, -0.15) is 0 Å². The molecule has 2 aliphatic rings. The molecule has 3 nitrogen and oxygen atoms in total. The number of rotatable bonds is 1. The van der Waals surface area contributed by atoms with Crippen molar-refractivity contribution in [2.75, 3.05) is 6.54 Å². The third kappa shape index (κ3) is 4.20. The number of aromatic nitrogens is 1. The predicted molar refractivity (Wildman–Crippen MR) is 210 cm³/mol. The molecule has 0 bridgehead atoms. The Hall–Kier alpha value is -5.32. The van der Waals surface area contributed by atoms with Crippen LogP contribution in [0.15, 0.2) is 137 Å². The monoisotopic (exact) mass is 649 g/mol. The lowest BCUT2D eigenvalue weighted by Gasteiger charge is -2.22. The molecule has 0 saturated carbocycles. The first-order chi connectivity index (χ1) is 24.0. The summed E-state index contributed by atoms with van der Waals surface area (Å²) in [4.78, 5) is 12.8. The summed E-state index contributed by atoms with van der Waals surface area (Å²) in [5.41, 5.74) is 10.6. The fourth-order valence-corrected chi connectivity index (χ4v) is 9.70. The number of thiophene rings is 1. The van der Waals surface area contributed by atoms with Crippen LogP contribution < -0.4 is 0 Å². The van der Waals surface area contributed by atoms with Crippen LogP contribution in [-0.4, -0.2) is 22.7 Å². The maximum Gasteiger partial charge on any atom is 0.159 e. The molecule has 0 fully saturated rings. The summed E-state index contributed by atoms with van der Waals surface area (Å²) in [5, 5.41) is 6.14. The Labute approximate surface area is 289 Å². The van der Waals surface area contributed by atoms with E-state index in [-0.39, 0.29) is 5.41 Å². The van der Waals surface area contributed by atoms with Crippen molar-refractivity contribution in [2.24, 2.45) is 15.9 Å². The van der Waals surface area contributed by atoms with Gasteiger partial charge >= 0.3 is 0 Å². The van der Waals surface area contributed by atoms with E-state index in [0.717, 1.165) is 40.3 Å². The van der Waals surface area contributed by atoms with Crippen LogP contribution in [0.4, 0.5) is 5.69 Å². The molecular weight excluding hydrogens is 615 g/mol. The third-order valence-corrected chi connectivity index (χ3v) is 12.0. The SMILES string of the molecule is CC1C/N=C(n2c3ccccc3c3cc4ccccc4cc32)\C(c2cccc3c2-c2ccccc2C3(C)C)=N/c2c(sc3ccccc23)C1. The average Bonchev–Trinajstić information content (AvgIpc) is 3.73. The molecule has 236 valence electrons. The van der Waals surface area contributed by atoms with Crippen molar-refractivity contribution in [1.82, 2.24) is 4.57 Å². The molecule has 0 saturated heterocycles. The predicted octanol–water partition coefficient (Wildman–Crippen LogP) is 11.7. The van der Waals surface area contributed by atoms with Crippen molar-refractivity contribution < 1.29 is 0 Å². The fourth-order valence-electron chi connectivity index (χ4n) is 8.40. The first-order valence-electron chi connectivity index (χ1n) is 17.3. The van der Waals surface area contributed by atoms with Crippen molar-refractivity contribution >= 4 is 71.2 Å². The molecule has 10 rings (SSSR count). The van der Waals surface area contributed by atoms with Gasteiger partial charge in [0.2, 0.25) is 0 Å². The molecule has 4 heteroatoms. The van der Waals surface area contributed by atoms with E-state index < -0.39 is 0 Å². The number of nitrogens with zero attached hydrogens (tertiary/aromatic N) is 3. The molecular formula is C45H35N3S. The molecule has 1 atom stereocenters. The maximum atomic E-state index is 5.84. The number of aliphatic imine (C=N–C) groups is 2. The normalized spacial score (nSPS) is 19.0. The highest BCUT2D eigenvalue weighted by Gasteiger charge is 2.38. The van der Waals surface area contributed by atoms with Gasteiger partial charge in [-0.15, -0.1) is 11.3 Å². The highest BCUT2D eigenvalue weighted by molar-refractivity contribution is 7.19. The summed E-state index contributed by atoms with van der Waals surface area (Å²) in [5.74, 6) is 1.26. The summed E-state index contributed by atoms with van der Waals surface area (Å²) >= 11 is 1.89. The molecule has 1 aliphatic carbocycles. The number of para-hydroxylation sites is 1. The molecule has 8 aromatic rings. The Morgan fingerprint density at radius 1 is 0.673 bits per heavy atom. The molecule has 6 aromatic carbocycles. The van der Waals surface area contributed by atoms with Gasteiger partial charge in [0.05, 0.1) is 16.7 Å². The quantitative estimate of drug-likeness (QED) is 0.169. The minimum atomic E-state index is -0.126. The van der Waals surface area contributed by atoms with E-state index in [1.807, 2.05) is 11.3 Å². The van der Waals surface area contributed by atoms with Crippen LogP contribution in [0.1, 0.15) is 42.3 Å². The zero-order chi connectivity index (χ0) is 32.9. The highest BCUT2D eigenvalue weighted by Crippen LogP contribution is 2.51. The van der Waals surface area contributed by atoms with E-state index in [1.165, 1.54) is 58.8 Å². The van der Waals surface area contributed by atoms with E-state index in [0.29, 0.717) is 12.5 Å². The first-order valence-corrected chi connectivity index (χ1v) is 18.1. The van der Waals surface area contributed by atoms with Crippen LogP contribution in [0, 0.1) is 5.92 Å². The topological polar surface area (TPSA) is 29.6 Å². The molecule has 0 N–H and O–H groups in total. The zero-order valence-electron chi connectivity index (χ0n) is 27.9. The highest BCUT2D eigenvalue weighted by atomic mass is 32.1. The Morgan fingerprint density at radius 2 is 1.37 bits per heavy atom. The van der Waals surface area contributed by atoms with Crippen LogP contribution in [0.3, 0.4) is 0 Å². The van der Waals surface area contributed by atoms with Gasteiger partial charge in [0.25, 0.3) is 0 Å². The molecule has 1 aliphatic heterocycles. The second-order valence-electron chi connectivity index (χ2n) is 14.3. The molecule has 1 unspecified atom stereocenters. The van der Waals surface area contributed by atoms with Gasteiger partial charge in [-0.05, 0) is 69.6 Å². The molecule has 2 aromatic heterocycles. The Balaban J connectivity index is 1.36. The van der Waals surface area contributed by atoms with Gasteiger partial charge in [-0.3, -0.25) is 9.56 Å². The molecule has 3 heterocycles. The average molecular weight is 650 g/mol. The van der Waals surface area contributed by atoms with Crippen molar-refractivity contribution in [3.8, 4) is 11.1 Å². The van der Waals surface area contributed by atoms with Crippen molar-refractivity contribution in [2.45, 2.75) is 32.6 Å². The van der Waals surface area contributed by atoms with Crippen LogP contribution in [0.2, 0.25) is 0 Å². The standard InChI is InChI=1S/C45H35N3S/c1-27-23-40-42(32-17-8-11-22-39(32)49-40)47-43(33-18-12-20-36-41(33)31-16-6-9-19-35(31)45(36,2)3)44(46-26-27)48-37-21-10-7-15-30(37)34-24-28-13-4-5-14-29(28)25-38(34)48/h4-22,24-25,27H,23,26H2,1-3H3/b46-44+,47-43-. The van der Waals surface area contributed by atoms with Crippen molar-refractivity contribution in [1.29, 1.82) is 0 Å². The second kappa shape index (κ2) is 10.6. The molecule has 49 heavy (non-hydrogen) atoms. The molecule has 0 spiro atoms. The third-order valence-electron chi connectivity index (χ3n) is 10.8. The Bertz CT molecular complexity index is 2720. The summed E-state index contributed by atoms with van der Waals surface area (Å²) in [6.45, 7) is 7.75. The van der Waals surface area contributed by atoms with E-state index in [1.54, 1.807) is 0 Å². The second-order valence-corrected chi connectivity index (χ2v) is 15.4. The van der Waals surface area contributed by atoms with E-state index in [2.05, 4.69) is 153 Å². The lowest BCUT2D eigenvalue weighted by Crippen LogP contribution is -2.26. The number of fused-ring (bicyclic) bond motifs is 10. The van der Waals surface area contributed by atoms with Gasteiger partial charge in [-0.1, -0.05) is 124 Å². The number of hydrogen-bond acceptors (Lipinski definition) is 3. The lowest BCUT2D eigenvalue weighted by atomic mass is 9.82. The van der Waals surface area contributed by atoms with Crippen LogP contribution in [0.25, 0.3) is 53.8 Å². The Kier molecular flexibility index (Phi) is 6.20. The van der Waals surface area contributed by atoms with E-state index in [4.69, 9.17) is 9.98 Å². The minimum absolute atomic E-state index is 0.126. The maximum absolute atomic E-state index is 5.84. The lowest BCUT2D eigenvalue weighted by molar-refractivity contribution is 0.600. The van der Waals surface area contributed by atoms with Crippen molar-refractivity contribution in [3.63, 3.8) is 0 Å². The van der Waals surface area contributed by atoms with Gasteiger partial charge in [0, 0.05) is 43.3 Å². The smallest absolute Gasteiger partial charge is 0.159 e. The van der Waals surface area contributed by atoms with Crippen molar-refractivity contribution in [3.05, 3.63) is 149 Å². The summed E-state index contributed by atoms with van der Waals surface area (Å²) < 4.78 is 3.70. The van der Waals surface area contributed by atoms with Gasteiger partial charge in [-0.25, -0.2) is 4.99 Å². The summed E-state index contributed by atoms with van der Waals surface area (Å²) in [6, 6.07) is 46.7. The minimum Gasteiger partial charge on any atom is -0.292 e. The number of hydrogen-bond donors (Lipinski definition) is 0. The zero-order valence-corrected chi connectivity index (χ0v) is 28.7. The largest absolute Gasteiger partial charge is 0.292 e. The van der Waals surface area contributed by atoms with Gasteiger partial charge in [0.1, 0.15) is 5.71 Å². The van der Waals surface area contributed by atoms with E-state index >= 15 is 0 Å². The number of benzene rings is 6. The van der Waals surface area contributed by atoms with Gasteiger partial charge < -0.3 is 0 Å². The van der Waals surface area contributed by atoms with Gasteiger partial charge in [0.15, 0.2) is 5.84 Å². The van der Waals surface area contributed by atoms with Crippen LogP contribution in [-0.2, 0) is 11.8 Å². The van der Waals surface area contributed by atoms with Crippen LogP contribution in [0.5, 0.6) is 0 Å². The van der Waals surface area contributed by atoms with E-state index in [9.17, 15) is 0 Å². The molecule has 0 radical (unpaired) electrons.